The number of imidazole rings is 1. The number of amides is 1. The van der Waals surface area contributed by atoms with E-state index in [0.29, 0.717) is 43.2 Å². The number of hydrogen-bond donors (Lipinski definition) is 1. The average molecular weight is 664 g/mol. The molecular formula is C37H41N7O5. The smallest absolute Gasteiger partial charge is 0.416 e. The van der Waals surface area contributed by atoms with E-state index in [-0.39, 0.29) is 5.82 Å². The van der Waals surface area contributed by atoms with E-state index in [1.54, 1.807) is 66.1 Å². The van der Waals surface area contributed by atoms with E-state index < -0.39 is 29.1 Å². The number of aromatic nitrogens is 5. The van der Waals surface area contributed by atoms with Gasteiger partial charge < -0.3 is 19.5 Å². The van der Waals surface area contributed by atoms with Crippen LogP contribution in [0, 0.1) is 5.41 Å². The summed E-state index contributed by atoms with van der Waals surface area (Å²) in [7, 11) is 0. The van der Waals surface area contributed by atoms with Crippen LogP contribution in [0.4, 0.5) is 16.4 Å². The molecule has 1 aliphatic heterocycles. The van der Waals surface area contributed by atoms with Crippen molar-refractivity contribution in [2.45, 2.75) is 53.2 Å². The van der Waals surface area contributed by atoms with Crippen LogP contribution in [0.2, 0.25) is 0 Å². The molecule has 0 radical (unpaired) electrons. The van der Waals surface area contributed by atoms with Gasteiger partial charge in [-0.2, -0.15) is 0 Å². The lowest BCUT2D eigenvalue weighted by atomic mass is 9.85. The van der Waals surface area contributed by atoms with Gasteiger partial charge in [0, 0.05) is 36.4 Å². The third kappa shape index (κ3) is 7.39. The molecule has 254 valence electrons. The molecule has 12 nitrogen and oxygen atoms in total. The van der Waals surface area contributed by atoms with Gasteiger partial charge in [0.25, 0.3) is 0 Å². The van der Waals surface area contributed by atoms with E-state index in [4.69, 9.17) is 24.4 Å². The predicted molar refractivity (Wildman–Crippen MR) is 190 cm³/mol. The zero-order valence-corrected chi connectivity index (χ0v) is 28.6. The number of rotatable bonds is 7. The van der Waals surface area contributed by atoms with Crippen molar-refractivity contribution in [3.05, 3.63) is 78.5 Å². The first-order valence-electron chi connectivity index (χ1n) is 16.2. The van der Waals surface area contributed by atoms with E-state index in [9.17, 15) is 14.7 Å². The molecule has 0 saturated carbocycles. The summed E-state index contributed by atoms with van der Waals surface area (Å²) < 4.78 is 13.2. The summed E-state index contributed by atoms with van der Waals surface area (Å²) >= 11 is 0. The zero-order valence-electron chi connectivity index (χ0n) is 28.6. The van der Waals surface area contributed by atoms with E-state index in [2.05, 4.69) is 9.88 Å². The summed E-state index contributed by atoms with van der Waals surface area (Å²) in [4.78, 5) is 48.4. The normalized spacial score (nSPS) is 14.8. The number of anilines is 2. The number of carbonyl (C=O) groups excluding carboxylic acids is 1. The fourth-order valence-corrected chi connectivity index (χ4v) is 5.81. The number of pyridine rings is 2. The Bertz CT molecular complexity index is 2020. The lowest BCUT2D eigenvalue weighted by Gasteiger charge is -2.37. The Morgan fingerprint density at radius 3 is 2.33 bits per heavy atom. The molecule has 1 aromatic carbocycles. The van der Waals surface area contributed by atoms with Gasteiger partial charge in [0.05, 0.1) is 42.0 Å². The number of carbonyl (C=O) groups is 2. The van der Waals surface area contributed by atoms with Crippen molar-refractivity contribution < 1.29 is 24.2 Å². The maximum absolute atomic E-state index is 13.5. The summed E-state index contributed by atoms with van der Waals surface area (Å²) in [6.07, 6.45) is 8.39. The lowest BCUT2D eigenvalue weighted by Crippen LogP contribution is -2.54. The number of benzene rings is 1. The number of nitrogens with zero attached hydrogens (tertiary/aromatic N) is 7. The molecule has 1 atom stereocenters. The van der Waals surface area contributed by atoms with Gasteiger partial charge in [-0.3, -0.25) is 4.40 Å². The van der Waals surface area contributed by atoms with Crippen molar-refractivity contribution in [2.24, 2.45) is 5.41 Å². The average Bonchev–Trinajstić information content (AvgIpc) is 3.49. The Kier molecular flexibility index (Phi) is 9.08. The Morgan fingerprint density at radius 2 is 1.65 bits per heavy atom. The number of aliphatic carboxylic acids is 1. The molecule has 0 aliphatic carbocycles. The van der Waals surface area contributed by atoms with Crippen molar-refractivity contribution in [1.82, 2.24) is 24.3 Å². The first-order chi connectivity index (χ1) is 23.3. The summed E-state index contributed by atoms with van der Waals surface area (Å²) in [6, 6.07) is 14.2. The highest BCUT2D eigenvalue weighted by atomic mass is 16.6. The van der Waals surface area contributed by atoms with Crippen LogP contribution in [0.25, 0.3) is 40.0 Å². The lowest BCUT2D eigenvalue weighted by molar-refractivity contribution is -0.141. The minimum atomic E-state index is -1.23. The van der Waals surface area contributed by atoms with E-state index >= 15 is 0 Å². The summed E-state index contributed by atoms with van der Waals surface area (Å²) in [5.41, 5.74) is 2.87. The standard InChI is InChI=1S/C37H41N7O5/c1-36(2,3)31(34(45)46)44(35(47)49-37(4,5)6)30-16-12-25(21-38-30)29-22-39-32(42-17-19-48-20-18-42)33-41-27(23-43(29)33)15-14-26-13-11-24-9-7-8-10-28(24)40-26/h7-16,21-23,31H,17-20H2,1-6H3,(H,45,46)/b15-14+. The molecule has 5 aromatic rings. The van der Waals surface area contributed by atoms with Gasteiger partial charge in [-0.25, -0.2) is 34.4 Å². The monoisotopic (exact) mass is 663 g/mol. The van der Waals surface area contributed by atoms with Gasteiger partial charge in [0.15, 0.2) is 11.5 Å². The fourth-order valence-electron chi connectivity index (χ4n) is 5.81. The van der Waals surface area contributed by atoms with E-state index in [1.807, 2.05) is 59.1 Å². The largest absolute Gasteiger partial charge is 0.480 e. The van der Waals surface area contributed by atoms with Crippen molar-refractivity contribution in [3.8, 4) is 11.3 Å². The molecule has 5 heterocycles. The van der Waals surface area contributed by atoms with Gasteiger partial charge >= 0.3 is 12.1 Å². The molecule has 0 spiro atoms. The molecule has 49 heavy (non-hydrogen) atoms. The fraction of sp³-hybridized carbons (Fsp3) is 0.351. The Labute approximate surface area is 285 Å². The molecular weight excluding hydrogens is 622 g/mol. The zero-order chi connectivity index (χ0) is 34.9. The number of carboxylic acid groups (broad SMARTS) is 1. The number of morpholine rings is 1. The topological polar surface area (TPSA) is 135 Å². The summed E-state index contributed by atoms with van der Waals surface area (Å²) in [5, 5.41) is 11.3. The van der Waals surface area contributed by atoms with Crippen LogP contribution in [0.5, 0.6) is 0 Å². The molecule has 4 aromatic heterocycles. The minimum Gasteiger partial charge on any atom is -0.480 e. The van der Waals surface area contributed by atoms with Gasteiger partial charge in [-0.1, -0.05) is 45.0 Å². The third-order valence-electron chi connectivity index (χ3n) is 8.04. The summed E-state index contributed by atoms with van der Waals surface area (Å²) in [5.74, 6) is -0.260. The highest BCUT2D eigenvalue weighted by molar-refractivity contribution is 5.95. The maximum Gasteiger partial charge on any atom is 0.416 e. The Balaban J connectivity index is 1.40. The number of ether oxygens (including phenoxy) is 2. The molecule has 12 heteroatoms. The molecule has 0 bridgehead atoms. The molecule has 1 aliphatic rings. The van der Waals surface area contributed by atoms with Crippen molar-refractivity contribution >= 4 is 52.4 Å². The van der Waals surface area contributed by atoms with Crippen LogP contribution in [0.15, 0.2) is 67.1 Å². The second-order valence-corrected chi connectivity index (χ2v) is 14.1. The number of fused-ring (bicyclic) bond motifs is 2. The van der Waals surface area contributed by atoms with Crippen LogP contribution < -0.4 is 9.80 Å². The number of carboxylic acids is 1. The highest BCUT2D eigenvalue weighted by Crippen LogP contribution is 2.32. The third-order valence-corrected chi connectivity index (χ3v) is 8.04. The van der Waals surface area contributed by atoms with Gasteiger partial charge in [0.1, 0.15) is 17.5 Å². The number of para-hydroxylation sites is 1. The van der Waals surface area contributed by atoms with Crippen molar-refractivity contribution in [3.63, 3.8) is 0 Å². The van der Waals surface area contributed by atoms with Crippen LogP contribution in [-0.2, 0) is 14.3 Å². The molecule has 6 rings (SSSR count). The molecule has 1 amide bonds. The van der Waals surface area contributed by atoms with Crippen LogP contribution in [-0.4, -0.2) is 79.5 Å². The highest BCUT2D eigenvalue weighted by Gasteiger charge is 2.42. The van der Waals surface area contributed by atoms with Crippen LogP contribution in [0.3, 0.4) is 0 Å². The van der Waals surface area contributed by atoms with Crippen molar-refractivity contribution in [2.75, 3.05) is 36.1 Å². The second-order valence-electron chi connectivity index (χ2n) is 14.1. The maximum atomic E-state index is 13.5. The van der Waals surface area contributed by atoms with Gasteiger partial charge in [-0.05, 0) is 62.6 Å². The van der Waals surface area contributed by atoms with Crippen molar-refractivity contribution in [1.29, 1.82) is 0 Å². The molecule has 1 fully saturated rings. The van der Waals surface area contributed by atoms with E-state index in [0.717, 1.165) is 33.0 Å². The quantitative estimate of drug-likeness (QED) is 0.203. The first kappa shape index (κ1) is 33.5. The minimum absolute atomic E-state index is 0.159. The molecule has 1 N–H and O–H groups in total. The first-order valence-corrected chi connectivity index (χ1v) is 16.2. The molecule has 1 saturated heterocycles. The SMILES string of the molecule is CC(C)(C)OC(=O)N(c1ccc(-c2cnc(N3CCOCC3)c3nc(/C=C/c4ccc5ccccc5n4)cn23)cn1)C(C(=O)O)C(C)(C)C. The van der Waals surface area contributed by atoms with Crippen LogP contribution in [0.1, 0.15) is 52.9 Å². The Morgan fingerprint density at radius 1 is 0.918 bits per heavy atom. The predicted octanol–water partition coefficient (Wildman–Crippen LogP) is 6.59. The van der Waals surface area contributed by atoms with Crippen LogP contribution >= 0.6 is 0 Å². The number of hydrogen-bond acceptors (Lipinski definition) is 9. The van der Waals surface area contributed by atoms with E-state index in [1.165, 1.54) is 0 Å². The Hall–Kier alpha value is -5.36. The summed E-state index contributed by atoms with van der Waals surface area (Å²) in [6.45, 7) is 13.1. The van der Waals surface area contributed by atoms with Gasteiger partial charge in [0.2, 0.25) is 0 Å². The molecule has 1 unspecified atom stereocenters. The van der Waals surface area contributed by atoms with Gasteiger partial charge in [-0.15, -0.1) is 0 Å². The second kappa shape index (κ2) is 13.3.